The van der Waals surface area contributed by atoms with Crippen LogP contribution in [0.5, 0.6) is 11.5 Å². The normalized spacial score (nSPS) is 15.2. The Labute approximate surface area is 164 Å². The fourth-order valence-electron chi connectivity index (χ4n) is 3.31. The summed E-state index contributed by atoms with van der Waals surface area (Å²) in [6.07, 6.45) is 0. The molecule has 2 aromatic rings. The zero-order valence-electron chi connectivity index (χ0n) is 16.3. The molecule has 0 aromatic heterocycles. The number of para-hydroxylation sites is 2. The van der Waals surface area contributed by atoms with Gasteiger partial charge in [0.1, 0.15) is 5.75 Å². The van der Waals surface area contributed by atoms with Crippen LogP contribution in [0.25, 0.3) is 0 Å². The van der Waals surface area contributed by atoms with Gasteiger partial charge in [0.15, 0.2) is 11.6 Å². The van der Waals surface area contributed by atoms with Gasteiger partial charge >= 0.3 is 0 Å². The Balaban J connectivity index is 1.46. The van der Waals surface area contributed by atoms with Crippen molar-refractivity contribution in [2.75, 3.05) is 52.3 Å². The minimum Gasteiger partial charge on any atom is -0.495 e. The number of carbonyl (C=O) groups excluding carboxylic acids is 1. The van der Waals surface area contributed by atoms with Gasteiger partial charge in [-0.15, -0.1) is 0 Å². The van der Waals surface area contributed by atoms with Crippen LogP contribution in [0, 0.1) is 5.82 Å². The molecule has 0 bridgehead atoms. The number of ether oxygens (including phenoxy) is 2. The zero-order chi connectivity index (χ0) is 19.9. The van der Waals surface area contributed by atoms with Crippen LogP contribution in [0.3, 0.4) is 0 Å². The number of methoxy groups -OCH3 is 2. The van der Waals surface area contributed by atoms with Crippen LogP contribution in [0.2, 0.25) is 0 Å². The van der Waals surface area contributed by atoms with Crippen LogP contribution in [-0.4, -0.2) is 62.7 Å². The van der Waals surface area contributed by atoms with Crippen LogP contribution in [0.15, 0.2) is 42.5 Å². The molecule has 1 saturated heterocycles. The second-order valence-corrected chi connectivity index (χ2v) is 6.77. The summed E-state index contributed by atoms with van der Waals surface area (Å²) in [7, 11) is 3.04. The fraction of sp³-hybridized carbons (Fsp3) is 0.381. The highest BCUT2D eigenvalue weighted by Gasteiger charge is 2.20. The second-order valence-electron chi connectivity index (χ2n) is 6.77. The smallest absolute Gasteiger partial charge is 0.238 e. The predicted octanol–water partition coefficient (Wildman–Crippen LogP) is 2.60. The van der Waals surface area contributed by atoms with E-state index >= 15 is 0 Å². The lowest BCUT2D eigenvalue weighted by Crippen LogP contribution is -2.48. The van der Waals surface area contributed by atoms with Crippen molar-refractivity contribution in [2.45, 2.75) is 6.54 Å². The highest BCUT2D eigenvalue weighted by Crippen LogP contribution is 2.23. The quantitative estimate of drug-likeness (QED) is 0.792. The van der Waals surface area contributed by atoms with Gasteiger partial charge in [-0.3, -0.25) is 14.6 Å². The first kappa shape index (κ1) is 20.1. The number of hydrogen-bond acceptors (Lipinski definition) is 5. The van der Waals surface area contributed by atoms with E-state index in [0.29, 0.717) is 24.5 Å². The molecule has 1 fully saturated rings. The van der Waals surface area contributed by atoms with E-state index in [1.165, 1.54) is 13.2 Å². The molecule has 1 N–H and O–H groups in total. The summed E-state index contributed by atoms with van der Waals surface area (Å²) in [5, 5.41) is 2.90. The van der Waals surface area contributed by atoms with Crippen molar-refractivity contribution in [1.29, 1.82) is 0 Å². The minimum absolute atomic E-state index is 0.0600. The van der Waals surface area contributed by atoms with Crippen molar-refractivity contribution in [3.63, 3.8) is 0 Å². The number of piperazine rings is 1. The Bertz CT molecular complexity index is 807. The van der Waals surface area contributed by atoms with Crippen LogP contribution in [0.1, 0.15) is 5.56 Å². The maximum Gasteiger partial charge on any atom is 0.238 e. The van der Waals surface area contributed by atoms with E-state index in [4.69, 9.17) is 9.47 Å². The summed E-state index contributed by atoms with van der Waals surface area (Å²) in [5.41, 5.74) is 1.59. The van der Waals surface area contributed by atoms with Crippen molar-refractivity contribution in [1.82, 2.24) is 9.80 Å². The summed E-state index contributed by atoms with van der Waals surface area (Å²) in [6.45, 7) is 4.26. The van der Waals surface area contributed by atoms with Crippen molar-refractivity contribution in [2.24, 2.45) is 0 Å². The molecule has 0 aliphatic carbocycles. The first-order valence-electron chi connectivity index (χ1n) is 9.29. The first-order valence-corrected chi connectivity index (χ1v) is 9.29. The second kappa shape index (κ2) is 9.52. The van der Waals surface area contributed by atoms with Crippen molar-refractivity contribution < 1.29 is 18.7 Å². The summed E-state index contributed by atoms with van der Waals surface area (Å²) in [5.74, 6) is 0.504. The summed E-state index contributed by atoms with van der Waals surface area (Å²) in [6, 6.07) is 12.4. The number of anilines is 1. The molecule has 0 unspecified atom stereocenters. The van der Waals surface area contributed by atoms with Crippen LogP contribution in [-0.2, 0) is 11.3 Å². The largest absolute Gasteiger partial charge is 0.495 e. The molecule has 150 valence electrons. The van der Waals surface area contributed by atoms with Gasteiger partial charge in [0.25, 0.3) is 0 Å². The van der Waals surface area contributed by atoms with E-state index in [1.54, 1.807) is 13.2 Å². The number of nitrogens with zero attached hydrogens (tertiary/aromatic N) is 2. The Morgan fingerprint density at radius 2 is 1.68 bits per heavy atom. The molecule has 0 saturated carbocycles. The van der Waals surface area contributed by atoms with Crippen LogP contribution in [0.4, 0.5) is 10.1 Å². The third-order valence-corrected chi connectivity index (χ3v) is 4.84. The van der Waals surface area contributed by atoms with Gasteiger partial charge in [-0.2, -0.15) is 0 Å². The van der Waals surface area contributed by atoms with Crippen molar-refractivity contribution in [3.8, 4) is 11.5 Å². The van der Waals surface area contributed by atoms with E-state index in [1.807, 2.05) is 30.3 Å². The number of amides is 1. The van der Waals surface area contributed by atoms with Crippen LogP contribution < -0.4 is 14.8 Å². The third-order valence-electron chi connectivity index (χ3n) is 4.84. The minimum atomic E-state index is -0.341. The lowest BCUT2D eigenvalue weighted by Gasteiger charge is -2.34. The van der Waals surface area contributed by atoms with Gasteiger partial charge in [-0.05, 0) is 29.8 Å². The highest BCUT2D eigenvalue weighted by atomic mass is 19.1. The van der Waals surface area contributed by atoms with Gasteiger partial charge in [-0.1, -0.05) is 18.2 Å². The lowest BCUT2D eigenvalue weighted by molar-refractivity contribution is -0.117. The number of carbonyl (C=O) groups is 1. The summed E-state index contributed by atoms with van der Waals surface area (Å²) >= 11 is 0. The van der Waals surface area contributed by atoms with Crippen molar-refractivity contribution >= 4 is 11.6 Å². The highest BCUT2D eigenvalue weighted by molar-refractivity contribution is 5.93. The lowest BCUT2D eigenvalue weighted by atomic mass is 10.2. The Hall–Kier alpha value is -2.64. The standard InChI is InChI=1S/C21H26FN3O3/c1-27-19-8-7-16(13-17(19)22)14-24-9-11-25(12-10-24)15-21(26)23-18-5-3-4-6-20(18)28-2/h3-8,13H,9-12,14-15H2,1-2H3,(H,23,26). The number of halogens is 1. The van der Waals surface area contributed by atoms with E-state index in [0.717, 1.165) is 31.7 Å². The van der Waals surface area contributed by atoms with E-state index < -0.39 is 0 Å². The molecule has 6 nitrogen and oxygen atoms in total. The fourth-order valence-corrected chi connectivity index (χ4v) is 3.31. The first-order chi connectivity index (χ1) is 13.6. The van der Waals surface area contributed by atoms with E-state index in [9.17, 15) is 9.18 Å². The van der Waals surface area contributed by atoms with E-state index in [-0.39, 0.29) is 17.5 Å². The monoisotopic (exact) mass is 387 g/mol. The molecule has 0 atom stereocenters. The zero-order valence-corrected chi connectivity index (χ0v) is 16.3. The SMILES string of the molecule is COc1ccc(CN2CCN(CC(=O)Nc3ccccc3OC)CC2)cc1F. The average Bonchev–Trinajstić information content (AvgIpc) is 2.70. The van der Waals surface area contributed by atoms with Gasteiger partial charge < -0.3 is 14.8 Å². The molecule has 28 heavy (non-hydrogen) atoms. The summed E-state index contributed by atoms with van der Waals surface area (Å²) < 4.78 is 24.1. The maximum atomic E-state index is 13.8. The molecule has 7 heteroatoms. The average molecular weight is 387 g/mol. The van der Waals surface area contributed by atoms with Gasteiger partial charge in [0.05, 0.1) is 26.5 Å². The molecular formula is C21H26FN3O3. The Morgan fingerprint density at radius 1 is 1.00 bits per heavy atom. The number of rotatable bonds is 7. The molecule has 1 aliphatic heterocycles. The van der Waals surface area contributed by atoms with Crippen LogP contribution >= 0.6 is 0 Å². The summed E-state index contributed by atoms with van der Waals surface area (Å²) in [4.78, 5) is 16.7. The third kappa shape index (κ3) is 5.21. The molecule has 2 aromatic carbocycles. The van der Waals surface area contributed by atoms with Gasteiger partial charge in [-0.25, -0.2) is 4.39 Å². The van der Waals surface area contributed by atoms with Crippen molar-refractivity contribution in [3.05, 3.63) is 53.8 Å². The predicted molar refractivity (Wildman–Crippen MR) is 106 cm³/mol. The Morgan fingerprint density at radius 3 is 2.36 bits per heavy atom. The molecule has 0 radical (unpaired) electrons. The molecule has 1 amide bonds. The molecular weight excluding hydrogens is 361 g/mol. The topological polar surface area (TPSA) is 54.0 Å². The van der Waals surface area contributed by atoms with Gasteiger partial charge in [0, 0.05) is 32.7 Å². The molecule has 3 rings (SSSR count). The number of benzene rings is 2. The molecule has 0 spiro atoms. The molecule has 1 aliphatic rings. The van der Waals surface area contributed by atoms with E-state index in [2.05, 4.69) is 15.1 Å². The molecule has 1 heterocycles. The Kier molecular flexibility index (Phi) is 6.84. The number of nitrogens with one attached hydrogen (secondary N) is 1. The van der Waals surface area contributed by atoms with Gasteiger partial charge in [0.2, 0.25) is 5.91 Å². The maximum absolute atomic E-state index is 13.8. The number of hydrogen-bond donors (Lipinski definition) is 1.